The van der Waals surface area contributed by atoms with Gasteiger partial charge in [0.1, 0.15) is 22.4 Å². The number of nitrogens with zero attached hydrogens (tertiary/aromatic N) is 3. The summed E-state index contributed by atoms with van der Waals surface area (Å²) >= 11 is -1.45. The maximum Gasteiger partial charge on any atom is 0.437 e. The molecule has 0 aromatic heterocycles. The molecule has 0 radical (unpaired) electrons. The largest absolute Gasteiger partial charge is 0.443 e. The highest BCUT2D eigenvalue weighted by atomic mass is 127. The van der Waals surface area contributed by atoms with E-state index in [-0.39, 0.29) is 15.3 Å². The predicted molar refractivity (Wildman–Crippen MR) is 216 cm³/mol. The van der Waals surface area contributed by atoms with E-state index in [1.165, 1.54) is 6.42 Å². The normalized spacial score (nSPS) is 24.7. The summed E-state index contributed by atoms with van der Waals surface area (Å²) in [5, 5.41) is 0. The van der Waals surface area contributed by atoms with Crippen LogP contribution < -0.4 is 0 Å². The fourth-order valence-corrected chi connectivity index (χ4v) is 9.93. The Balaban J connectivity index is 1.54. The van der Waals surface area contributed by atoms with Crippen molar-refractivity contribution in [3.05, 3.63) is 33.4 Å². The number of esters is 2. The second-order valence-electron chi connectivity index (χ2n) is 19.1. The Morgan fingerprint density at radius 3 is 1.61 bits per heavy atom. The average Bonchev–Trinajstić information content (AvgIpc) is 3.00. The SMILES string of the molecule is CC(C)(C)OC(=O)/N=C(\N(Cc1cccc(I=C2C(=O)OC3(OC2=O)C2CC4CC(C2)CC3C4)c1)C(=O)OC(C)(C)C)N(C(=O)OC(C)(C)C)C(=O)OC(C)(C)C. The highest BCUT2D eigenvalue weighted by molar-refractivity contribution is 14.2. The lowest BCUT2D eigenvalue weighted by Crippen LogP contribution is -2.65. The first kappa shape index (κ1) is 44.0. The van der Waals surface area contributed by atoms with Crippen molar-refractivity contribution < 1.29 is 57.2 Å². The van der Waals surface area contributed by atoms with E-state index in [9.17, 15) is 28.8 Å². The van der Waals surface area contributed by atoms with Gasteiger partial charge in [-0.15, -0.1) is 9.89 Å². The van der Waals surface area contributed by atoms with Gasteiger partial charge < -0.3 is 28.4 Å². The van der Waals surface area contributed by atoms with Crippen molar-refractivity contribution in [1.29, 1.82) is 0 Å². The lowest BCUT2D eigenvalue weighted by atomic mass is 9.53. The van der Waals surface area contributed by atoms with Crippen LogP contribution in [0.4, 0.5) is 19.2 Å². The molecule has 5 aliphatic rings. The number of hydrogen-bond donors (Lipinski definition) is 0. The van der Waals surface area contributed by atoms with E-state index in [1.54, 1.807) is 107 Å². The molecule has 0 atom stereocenters. The number of hydrogen-bond acceptors (Lipinski definition) is 12. The molecule has 4 bridgehead atoms. The quantitative estimate of drug-likeness (QED) is 0.0931. The third kappa shape index (κ3) is 11.1. The van der Waals surface area contributed by atoms with E-state index in [1.807, 2.05) is 0 Å². The van der Waals surface area contributed by atoms with Gasteiger partial charge in [0.2, 0.25) is 5.96 Å². The molecule has 1 saturated heterocycles. The van der Waals surface area contributed by atoms with Crippen LogP contribution in [0.2, 0.25) is 0 Å². The number of ether oxygens (including phenoxy) is 6. The highest BCUT2D eigenvalue weighted by Crippen LogP contribution is 2.60. The molecule has 5 fully saturated rings. The van der Waals surface area contributed by atoms with Crippen LogP contribution in [-0.2, 0) is 44.6 Å². The Hall–Kier alpha value is -4.09. The molecule has 1 spiro atoms. The highest BCUT2D eigenvalue weighted by Gasteiger charge is 2.64. The zero-order valence-electron chi connectivity index (χ0n) is 35.0. The molecule has 4 amide bonds. The van der Waals surface area contributed by atoms with Crippen LogP contribution >= 0.6 is 20.7 Å². The van der Waals surface area contributed by atoms with Gasteiger partial charge in [0.25, 0.3) is 5.79 Å². The summed E-state index contributed by atoms with van der Waals surface area (Å²) in [6.45, 7) is 18.6. The van der Waals surface area contributed by atoms with Crippen LogP contribution in [0, 0.1) is 27.2 Å². The molecule has 4 aliphatic carbocycles. The van der Waals surface area contributed by atoms with Gasteiger partial charge in [0.15, 0.2) is 3.51 Å². The number of amides is 4. The molecule has 4 saturated carbocycles. The first-order chi connectivity index (χ1) is 26.1. The Bertz CT molecular complexity index is 1780. The van der Waals surface area contributed by atoms with Crippen molar-refractivity contribution in [2.45, 2.75) is 150 Å². The van der Waals surface area contributed by atoms with Crippen LogP contribution in [-0.4, -0.2) is 83.8 Å². The van der Waals surface area contributed by atoms with Gasteiger partial charge >= 0.3 is 36.3 Å². The Labute approximate surface area is 344 Å². The van der Waals surface area contributed by atoms with E-state index in [4.69, 9.17) is 28.4 Å². The molecule has 1 heterocycles. The van der Waals surface area contributed by atoms with Crippen LogP contribution in [0.5, 0.6) is 0 Å². The maximum atomic E-state index is 14.2. The minimum atomic E-state index is -1.45. The molecule has 57 heavy (non-hydrogen) atoms. The smallest absolute Gasteiger partial charge is 0.437 e. The summed E-state index contributed by atoms with van der Waals surface area (Å²) in [7, 11) is 0. The Morgan fingerprint density at radius 2 is 1.16 bits per heavy atom. The van der Waals surface area contributed by atoms with Gasteiger partial charge in [0.05, 0.1) is 6.54 Å². The molecule has 1 aromatic carbocycles. The molecule has 1 aromatic rings. The number of benzene rings is 1. The predicted octanol–water partition coefficient (Wildman–Crippen LogP) is 8.45. The van der Waals surface area contributed by atoms with Crippen LogP contribution in [0.15, 0.2) is 29.3 Å². The van der Waals surface area contributed by atoms with E-state index in [0.717, 1.165) is 30.6 Å². The molecular formula is C41H56IN3O12. The number of aliphatic imine (C=N–C) groups is 1. The molecule has 0 N–H and O–H groups in total. The van der Waals surface area contributed by atoms with Gasteiger partial charge in [0, 0.05) is 15.4 Å². The number of halogens is 1. The number of imide groups is 1. The Kier molecular flexibility index (Phi) is 12.3. The summed E-state index contributed by atoms with van der Waals surface area (Å²) < 4.78 is 35.1. The molecule has 15 nitrogen and oxygen atoms in total. The number of rotatable bonds is 3. The van der Waals surface area contributed by atoms with Crippen molar-refractivity contribution in [3.8, 4) is 0 Å². The summed E-state index contributed by atoms with van der Waals surface area (Å²) in [4.78, 5) is 87.8. The van der Waals surface area contributed by atoms with Gasteiger partial charge in [-0.1, -0.05) is 32.9 Å². The van der Waals surface area contributed by atoms with E-state index >= 15 is 0 Å². The minimum Gasteiger partial charge on any atom is -0.443 e. The number of carbonyl (C=O) groups is 6. The van der Waals surface area contributed by atoms with Crippen LogP contribution in [0.1, 0.15) is 121 Å². The molecule has 314 valence electrons. The monoisotopic (exact) mass is 909 g/mol. The lowest BCUT2D eigenvalue weighted by molar-refractivity contribution is -0.308. The second-order valence-corrected chi connectivity index (χ2v) is 22.0. The zero-order chi connectivity index (χ0) is 42.5. The first-order valence-electron chi connectivity index (χ1n) is 19.3. The maximum absolute atomic E-state index is 14.2. The Morgan fingerprint density at radius 1 is 0.702 bits per heavy atom. The van der Waals surface area contributed by atoms with E-state index in [0.29, 0.717) is 25.9 Å². The summed E-state index contributed by atoms with van der Waals surface area (Å²) in [6.07, 6.45) is -0.199. The third-order valence-electron chi connectivity index (χ3n) is 9.36. The number of guanidine groups is 1. The minimum absolute atomic E-state index is 0.000954. The summed E-state index contributed by atoms with van der Waals surface area (Å²) in [6, 6.07) is 6.72. The van der Waals surface area contributed by atoms with Crippen molar-refractivity contribution >= 4 is 66.5 Å². The standard InChI is InChI=1S/C41H56IN3O12/c1-37(2,3)54-33(48)43-32(45(35(50)56-39(7,8)9)36(51)57-40(10,11)12)44(34(49)55-38(4,5)6)22-23-14-13-15-28(21-23)42-29-30(46)52-41(53-31(29)47)26-17-24-16-25(19-26)20-27(41)18-24/h13-15,21,24-27H,16-20,22H2,1-12H3/b43-32+. The van der Waals surface area contributed by atoms with E-state index in [2.05, 4.69) is 4.99 Å². The zero-order valence-corrected chi connectivity index (χ0v) is 37.1. The average molecular weight is 910 g/mol. The fourth-order valence-electron chi connectivity index (χ4n) is 7.71. The molecule has 16 heteroatoms. The summed E-state index contributed by atoms with van der Waals surface area (Å²) in [5.41, 5.74) is -4.03. The van der Waals surface area contributed by atoms with Gasteiger partial charge in [-0.25, -0.2) is 33.7 Å². The molecule has 0 unspecified atom stereocenters. The fraction of sp³-hybridized carbons (Fsp3) is 0.659. The van der Waals surface area contributed by atoms with Gasteiger partial charge in [-0.3, -0.25) is 0 Å². The number of carbonyl (C=O) groups excluding carboxylic acids is 6. The van der Waals surface area contributed by atoms with Crippen molar-refractivity contribution in [1.82, 2.24) is 9.80 Å². The van der Waals surface area contributed by atoms with Gasteiger partial charge in [-0.05, 0) is 145 Å². The van der Waals surface area contributed by atoms with Crippen molar-refractivity contribution in [2.75, 3.05) is 0 Å². The van der Waals surface area contributed by atoms with E-state index < -0.39 is 97.7 Å². The van der Waals surface area contributed by atoms with Crippen molar-refractivity contribution in [3.63, 3.8) is 0 Å². The van der Waals surface area contributed by atoms with Crippen LogP contribution in [0.25, 0.3) is 0 Å². The summed E-state index contributed by atoms with van der Waals surface area (Å²) in [5.74, 6) is -2.19. The topological polar surface area (TPSA) is 177 Å². The molecule has 6 rings (SSSR count). The second kappa shape index (κ2) is 15.9. The van der Waals surface area contributed by atoms with Gasteiger partial charge in [-0.2, -0.15) is 0 Å². The first-order valence-corrected chi connectivity index (χ1v) is 21.4. The molecular weight excluding hydrogens is 853 g/mol. The van der Waals surface area contributed by atoms with Crippen molar-refractivity contribution in [2.24, 2.45) is 28.7 Å². The third-order valence-corrected chi connectivity index (χ3v) is 12.1. The molecule has 1 aliphatic heterocycles. The lowest BCUT2D eigenvalue weighted by Gasteiger charge is -2.59. The van der Waals surface area contributed by atoms with Crippen LogP contribution in [0.3, 0.4) is 0 Å².